The highest BCUT2D eigenvalue weighted by atomic mass is 16.9. The number of fused-ring (bicyclic) bond motifs is 1. The van der Waals surface area contributed by atoms with E-state index < -0.39 is 5.97 Å². The largest absolute Gasteiger partial charge is 0.508 e. The highest BCUT2D eigenvalue weighted by molar-refractivity contribution is 5.65. The Hall–Kier alpha value is -1.52. The third kappa shape index (κ3) is 1.56. The van der Waals surface area contributed by atoms with Gasteiger partial charge in [-0.25, -0.2) is 0 Å². The van der Waals surface area contributed by atoms with Crippen LogP contribution >= 0.6 is 0 Å². The zero-order valence-electron chi connectivity index (χ0n) is 9.48. The van der Waals surface area contributed by atoms with Gasteiger partial charge in [0, 0.05) is 31.4 Å². The summed E-state index contributed by atoms with van der Waals surface area (Å²) in [5, 5.41) is 9.61. The topological polar surface area (TPSA) is 47.9 Å². The van der Waals surface area contributed by atoms with Crippen LogP contribution in [0, 0.1) is 6.92 Å². The molecule has 0 fully saturated rings. The van der Waals surface area contributed by atoms with Crippen molar-refractivity contribution < 1.29 is 19.3 Å². The summed E-state index contributed by atoms with van der Waals surface area (Å²) in [6.07, 6.45) is 3.53. The van der Waals surface area contributed by atoms with Crippen LogP contribution < -0.4 is 4.74 Å². The van der Waals surface area contributed by atoms with Gasteiger partial charge in [-0.05, 0) is 25.1 Å². The Bertz CT molecular complexity index is 433. The van der Waals surface area contributed by atoms with Crippen LogP contribution in [0.1, 0.15) is 11.1 Å². The van der Waals surface area contributed by atoms with Gasteiger partial charge in [0.1, 0.15) is 11.5 Å². The van der Waals surface area contributed by atoms with E-state index in [1.807, 2.05) is 6.08 Å². The van der Waals surface area contributed by atoms with Gasteiger partial charge in [0.15, 0.2) is 0 Å². The molecule has 0 saturated carbocycles. The molecule has 0 aromatic heterocycles. The van der Waals surface area contributed by atoms with Gasteiger partial charge in [0.2, 0.25) is 0 Å². The predicted molar refractivity (Wildman–Crippen MR) is 59.3 cm³/mol. The summed E-state index contributed by atoms with van der Waals surface area (Å²) in [6, 6.07) is 3.41. The molecule has 1 aliphatic heterocycles. The van der Waals surface area contributed by atoms with Gasteiger partial charge in [-0.2, -0.15) is 0 Å². The van der Waals surface area contributed by atoms with Crippen molar-refractivity contribution in [2.75, 3.05) is 14.2 Å². The van der Waals surface area contributed by atoms with E-state index in [1.165, 1.54) is 14.2 Å². The minimum atomic E-state index is -1.20. The molecule has 0 saturated heterocycles. The number of benzene rings is 1. The number of rotatable bonds is 2. The minimum absolute atomic E-state index is 0.190. The molecule has 1 aromatic carbocycles. The molecule has 0 amide bonds. The third-order valence-electron chi connectivity index (χ3n) is 2.69. The van der Waals surface area contributed by atoms with E-state index in [1.54, 1.807) is 25.1 Å². The van der Waals surface area contributed by atoms with E-state index in [0.717, 1.165) is 5.56 Å². The van der Waals surface area contributed by atoms with E-state index >= 15 is 0 Å². The normalized spacial score (nSPS) is 16.7. The number of aromatic hydroxyl groups is 1. The summed E-state index contributed by atoms with van der Waals surface area (Å²) in [5.41, 5.74) is 1.56. The van der Waals surface area contributed by atoms with Gasteiger partial charge in [-0.1, -0.05) is 0 Å². The van der Waals surface area contributed by atoms with Crippen molar-refractivity contribution >= 4 is 6.08 Å². The van der Waals surface area contributed by atoms with Gasteiger partial charge in [0.25, 0.3) is 0 Å². The Morgan fingerprint density at radius 2 is 1.94 bits per heavy atom. The fourth-order valence-corrected chi connectivity index (χ4v) is 1.64. The minimum Gasteiger partial charge on any atom is -0.508 e. The molecule has 4 heteroatoms. The predicted octanol–water partition coefficient (Wildman–Crippen LogP) is 2.05. The number of ether oxygens (including phenoxy) is 3. The van der Waals surface area contributed by atoms with Crippen LogP contribution in [0.2, 0.25) is 0 Å². The van der Waals surface area contributed by atoms with E-state index in [0.29, 0.717) is 11.3 Å². The molecule has 0 unspecified atom stereocenters. The van der Waals surface area contributed by atoms with Gasteiger partial charge in [-0.3, -0.25) is 0 Å². The molecule has 0 aliphatic carbocycles. The van der Waals surface area contributed by atoms with E-state index in [-0.39, 0.29) is 5.75 Å². The Morgan fingerprint density at radius 1 is 1.25 bits per heavy atom. The second kappa shape index (κ2) is 3.81. The maximum Gasteiger partial charge on any atom is 0.348 e. The highest BCUT2D eigenvalue weighted by Gasteiger charge is 2.34. The molecule has 1 aliphatic rings. The first-order chi connectivity index (χ1) is 7.62. The SMILES string of the molecule is COC1(OC)C=Cc2ccc(O)c(C)c2O1. The second-order valence-electron chi connectivity index (χ2n) is 3.58. The molecule has 2 rings (SSSR count). The van der Waals surface area contributed by atoms with Crippen molar-refractivity contribution in [3.05, 3.63) is 29.3 Å². The molecule has 1 aromatic rings. The molecule has 16 heavy (non-hydrogen) atoms. The number of methoxy groups -OCH3 is 2. The molecule has 86 valence electrons. The lowest BCUT2D eigenvalue weighted by Crippen LogP contribution is -2.39. The van der Waals surface area contributed by atoms with Gasteiger partial charge < -0.3 is 19.3 Å². The molecule has 4 nitrogen and oxygen atoms in total. The number of phenols is 1. The fraction of sp³-hybridized carbons (Fsp3) is 0.333. The maximum absolute atomic E-state index is 9.61. The standard InChI is InChI=1S/C12H14O4/c1-8-10(13)5-4-9-6-7-12(14-2,15-3)16-11(8)9/h4-7,13H,1-3H3. The van der Waals surface area contributed by atoms with Crippen LogP contribution in [0.5, 0.6) is 11.5 Å². The Kier molecular flexibility index (Phi) is 2.61. The lowest BCUT2D eigenvalue weighted by Gasteiger charge is -2.32. The van der Waals surface area contributed by atoms with Crippen LogP contribution in [0.25, 0.3) is 6.08 Å². The van der Waals surface area contributed by atoms with E-state index in [4.69, 9.17) is 14.2 Å². The fourth-order valence-electron chi connectivity index (χ4n) is 1.64. The van der Waals surface area contributed by atoms with Crippen molar-refractivity contribution in [3.8, 4) is 11.5 Å². The molecule has 0 spiro atoms. The zero-order chi connectivity index (χ0) is 11.8. The molecule has 0 atom stereocenters. The highest BCUT2D eigenvalue weighted by Crippen LogP contribution is 2.38. The van der Waals surface area contributed by atoms with Crippen molar-refractivity contribution in [1.29, 1.82) is 0 Å². The van der Waals surface area contributed by atoms with Crippen LogP contribution in [-0.2, 0) is 9.47 Å². The van der Waals surface area contributed by atoms with E-state index in [9.17, 15) is 5.11 Å². The number of hydrogen-bond donors (Lipinski definition) is 1. The zero-order valence-corrected chi connectivity index (χ0v) is 9.48. The molecular weight excluding hydrogens is 208 g/mol. The van der Waals surface area contributed by atoms with Crippen molar-refractivity contribution in [1.82, 2.24) is 0 Å². The Labute approximate surface area is 94.1 Å². The van der Waals surface area contributed by atoms with E-state index in [2.05, 4.69) is 0 Å². The summed E-state index contributed by atoms with van der Waals surface area (Å²) in [5.74, 6) is -0.438. The van der Waals surface area contributed by atoms with Crippen molar-refractivity contribution in [2.24, 2.45) is 0 Å². The molecular formula is C12H14O4. The number of hydrogen-bond acceptors (Lipinski definition) is 4. The molecule has 0 radical (unpaired) electrons. The average molecular weight is 222 g/mol. The lowest BCUT2D eigenvalue weighted by molar-refractivity contribution is -0.288. The smallest absolute Gasteiger partial charge is 0.348 e. The lowest BCUT2D eigenvalue weighted by atomic mass is 10.1. The van der Waals surface area contributed by atoms with Gasteiger partial charge in [-0.15, -0.1) is 0 Å². The molecule has 1 N–H and O–H groups in total. The average Bonchev–Trinajstić information content (AvgIpc) is 2.34. The third-order valence-corrected chi connectivity index (χ3v) is 2.69. The Balaban J connectivity index is 2.50. The summed E-state index contributed by atoms with van der Waals surface area (Å²) in [6.45, 7) is 1.78. The van der Waals surface area contributed by atoms with Crippen LogP contribution in [0.15, 0.2) is 18.2 Å². The second-order valence-corrected chi connectivity index (χ2v) is 3.58. The molecule has 1 heterocycles. The summed E-state index contributed by atoms with van der Waals surface area (Å²) >= 11 is 0. The summed E-state index contributed by atoms with van der Waals surface area (Å²) < 4.78 is 16.0. The summed E-state index contributed by atoms with van der Waals surface area (Å²) in [7, 11) is 2.99. The first-order valence-electron chi connectivity index (χ1n) is 4.93. The Morgan fingerprint density at radius 3 is 2.56 bits per heavy atom. The van der Waals surface area contributed by atoms with Crippen molar-refractivity contribution in [2.45, 2.75) is 12.9 Å². The van der Waals surface area contributed by atoms with Crippen LogP contribution in [0.4, 0.5) is 0 Å². The van der Waals surface area contributed by atoms with Crippen LogP contribution in [0.3, 0.4) is 0 Å². The first-order valence-corrected chi connectivity index (χ1v) is 4.93. The van der Waals surface area contributed by atoms with Crippen LogP contribution in [-0.4, -0.2) is 25.3 Å². The summed E-state index contributed by atoms with van der Waals surface area (Å²) in [4.78, 5) is 0. The monoisotopic (exact) mass is 222 g/mol. The number of phenolic OH excluding ortho intramolecular Hbond substituents is 1. The quantitative estimate of drug-likeness (QED) is 0.778. The van der Waals surface area contributed by atoms with Crippen molar-refractivity contribution in [3.63, 3.8) is 0 Å². The maximum atomic E-state index is 9.61. The van der Waals surface area contributed by atoms with Gasteiger partial charge in [0.05, 0.1) is 0 Å². The first kappa shape index (κ1) is 11.0. The van der Waals surface area contributed by atoms with Gasteiger partial charge >= 0.3 is 5.97 Å². The molecule has 0 bridgehead atoms.